The molecule has 0 spiro atoms. The molecular formula is C21H30Cl2N2O2S. The Morgan fingerprint density at radius 1 is 1.14 bits per heavy atom. The first kappa shape index (κ1) is 23.4. The van der Waals surface area contributed by atoms with Crippen LogP contribution in [0.2, 0.25) is 10.0 Å². The number of halogens is 2. The molecular weight excluding hydrogens is 415 g/mol. The predicted octanol–water partition coefficient (Wildman–Crippen LogP) is 7.14. The van der Waals surface area contributed by atoms with E-state index in [-0.39, 0.29) is 16.6 Å². The number of anilines is 1. The summed E-state index contributed by atoms with van der Waals surface area (Å²) in [7, 11) is 0. The van der Waals surface area contributed by atoms with Crippen molar-refractivity contribution in [2.45, 2.75) is 70.6 Å². The number of amides is 2. The Balaban J connectivity index is 2.26. The van der Waals surface area contributed by atoms with Crippen molar-refractivity contribution in [2.24, 2.45) is 11.3 Å². The summed E-state index contributed by atoms with van der Waals surface area (Å²) >= 11 is 13.4. The van der Waals surface area contributed by atoms with Crippen molar-refractivity contribution >= 4 is 51.8 Å². The highest BCUT2D eigenvalue weighted by Crippen LogP contribution is 2.43. The van der Waals surface area contributed by atoms with E-state index in [4.69, 9.17) is 23.2 Å². The Bertz CT molecular complexity index is 704. The summed E-state index contributed by atoms with van der Waals surface area (Å²) < 4.78 is 0. The number of carbonyl (C=O) groups is 2. The standard InChI is InChI=1S/C21H30Cl2N2O2S/c1-4-24-20(27)28-18-13-16(23)15(22)12-17(18)25-19(26)21(11-8-14(2)3)9-6-5-7-10-21/h12-14H,4-11H2,1-3H3,(H,24,27)(H,25,26). The Kier molecular flexibility index (Phi) is 8.97. The van der Waals surface area contributed by atoms with Crippen LogP contribution in [0.5, 0.6) is 0 Å². The second kappa shape index (κ2) is 10.7. The van der Waals surface area contributed by atoms with Crippen LogP contribution in [0.25, 0.3) is 0 Å². The van der Waals surface area contributed by atoms with E-state index in [0.717, 1.165) is 50.3 Å². The van der Waals surface area contributed by atoms with E-state index >= 15 is 0 Å². The molecule has 1 fully saturated rings. The minimum atomic E-state index is -0.345. The molecule has 1 aromatic rings. The Hall–Kier alpha value is -0.910. The molecule has 0 bridgehead atoms. The van der Waals surface area contributed by atoms with Crippen molar-refractivity contribution < 1.29 is 9.59 Å². The molecule has 0 aromatic heterocycles. The summed E-state index contributed by atoms with van der Waals surface area (Å²) in [6.45, 7) is 6.77. The number of benzene rings is 1. The number of hydrogen-bond acceptors (Lipinski definition) is 3. The summed E-state index contributed by atoms with van der Waals surface area (Å²) in [6.07, 6.45) is 7.06. The van der Waals surface area contributed by atoms with Crippen LogP contribution in [-0.2, 0) is 4.79 Å². The molecule has 2 N–H and O–H groups in total. The first-order valence-electron chi connectivity index (χ1n) is 10.0. The van der Waals surface area contributed by atoms with Gasteiger partial charge in [-0.2, -0.15) is 0 Å². The van der Waals surface area contributed by atoms with Gasteiger partial charge >= 0.3 is 0 Å². The van der Waals surface area contributed by atoms with Crippen LogP contribution >= 0.6 is 35.0 Å². The topological polar surface area (TPSA) is 58.2 Å². The van der Waals surface area contributed by atoms with Gasteiger partial charge in [0, 0.05) is 16.9 Å². The zero-order chi connectivity index (χ0) is 20.7. The maximum Gasteiger partial charge on any atom is 0.283 e. The molecule has 4 nitrogen and oxygen atoms in total. The van der Waals surface area contributed by atoms with Gasteiger partial charge in [0.15, 0.2) is 0 Å². The maximum absolute atomic E-state index is 13.4. The third kappa shape index (κ3) is 6.30. The third-order valence-electron chi connectivity index (χ3n) is 5.29. The second-order valence-electron chi connectivity index (χ2n) is 7.91. The van der Waals surface area contributed by atoms with E-state index in [2.05, 4.69) is 24.5 Å². The average molecular weight is 445 g/mol. The lowest BCUT2D eigenvalue weighted by molar-refractivity contribution is -0.128. The zero-order valence-electron chi connectivity index (χ0n) is 16.9. The van der Waals surface area contributed by atoms with Crippen LogP contribution < -0.4 is 10.6 Å². The highest BCUT2D eigenvalue weighted by Gasteiger charge is 2.39. The van der Waals surface area contributed by atoms with Gasteiger partial charge in [-0.25, -0.2) is 0 Å². The Morgan fingerprint density at radius 3 is 2.39 bits per heavy atom. The van der Waals surface area contributed by atoms with E-state index < -0.39 is 0 Å². The van der Waals surface area contributed by atoms with Crippen molar-refractivity contribution in [3.63, 3.8) is 0 Å². The molecule has 1 aromatic carbocycles. The molecule has 1 saturated carbocycles. The Morgan fingerprint density at radius 2 is 1.79 bits per heavy atom. The first-order valence-corrected chi connectivity index (χ1v) is 11.6. The lowest BCUT2D eigenvalue weighted by Gasteiger charge is -2.36. The monoisotopic (exact) mass is 444 g/mol. The molecule has 0 aliphatic heterocycles. The van der Waals surface area contributed by atoms with Crippen LogP contribution in [0.4, 0.5) is 10.5 Å². The summed E-state index contributed by atoms with van der Waals surface area (Å²) in [6, 6.07) is 3.28. The minimum Gasteiger partial charge on any atom is -0.347 e. The van der Waals surface area contributed by atoms with Gasteiger partial charge in [-0.1, -0.05) is 56.3 Å². The van der Waals surface area contributed by atoms with Gasteiger partial charge in [-0.15, -0.1) is 0 Å². The lowest BCUT2D eigenvalue weighted by Crippen LogP contribution is -2.38. The number of thioether (sulfide) groups is 1. The minimum absolute atomic E-state index is 0.0315. The molecule has 0 radical (unpaired) electrons. The molecule has 1 aliphatic carbocycles. The molecule has 28 heavy (non-hydrogen) atoms. The Labute approximate surface area is 182 Å². The van der Waals surface area contributed by atoms with Gasteiger partial charge in [-0.3, -0.25) is 9.59 Å². The second-order valence-corrected chi connectivity index (χ2v) is 9.74. The average Bonchev–Trinajstić information content (AvgIpc) is 2.65. The van der Waals surface area contributed by atoms with Crippen molar-refractivity contribution in [1.29, 1.82) is 0 Å². The van der Waals surface area contributed by atoms with E-state index in [1.165, 1.54) is 6.42 Å². The smallest absolute Gasteiger partial charge is 0.283 e. The van der Waals surface area contributed by atoms with Gasteiger partial charge in [0.25, 0.3) is 5.24 Å². The van der Waals surface area contributed by atoms with Crippen LogP contribution in [0.15, 0.2) is 17.0 Å². The lowest BCUT2D eigenvalue weighted by atomic mass is 9.69. The van der Waals surface area contributed by atoms with Crippen molar-refractivity contribution in [2.75, 3.05) is 11.9 Å². The SMILES string of the molecule is CCNC(=O)Sc1cc(Cl)c(Cl)cc1NC(=O)C1(CCC(C)C)CCCCC1. The third-order valence-corrected chi connectivity index (χ3v) is 6.90. The number of carbonyl (C=O) groups excluding carboxylic acids is 2. The normalized spacial score (nSPS) is 16.1. The fraction of sp³-hybridized carbons (Fsp3) is 0.619. The quantitative estimate of drug-likeness (QED) is 0.439. The van der Waals surface area contributed by atoms with Crippen LogP contribution in [0.3, 0.4) is 0 Å². The largest absolute Gasteiger partial charge is 0.347 e. The summed E-state index contributed by atoms with van der Waals surface area (Å²) in [5.41, 5.74) is 0.201. The first-order chi connectivity index (χ1) is 13.3. The van der Waals surface area contributed by atoms with E-state index in [1.807, 2.05) is 6.92 Å². The fourth-order valence-electron chi connectivity index (χ4n) is 3.63. The molecule has 0 atom stereocenters. The number of rotatable bonds is 7. The molecule has 0 saturated heterocycles. The summed E-state index contributed by atoms with van der Waals surface area (Å²) in [5.74, 6) is 0.587. The van der Waals surface area contributed by atoms with E-state index in [1.54, 1.807) is 12.1 Å². The van der Waals surface area contributed by atoms with E-state index in [0.29, 0.717) is 33.1 Å². The molecule has 7 heteroatoms. The van der Waals surface area contributed by atoms with Crippen molar-refractivity contribution in [3.8, 4) is 0 Å². The van der Waals surface area contributed by atoms with E-state index in [9.17, 15) is 9.59 Å². The van der Waals surface area contributed by atoms with Gasteiger partial charge in [0.1, 0.15) is 0 Å². The number of hydrogen-bond donors (Lipinski definition) is 2. The summed E-state index contributed by atoms with van der Waals surface area (Å²) in [4.78, 5) is 26.0. The summed E-state index contributed by atoms with van der Waals surface area (Å²) in [5, 5.41) is 6.35. The van der Waals surface area contributed by atoms with Crippen molar-refractivity contribution in [1.82, 2.24) is 5.32 Å². The highest BCUT2D eigenvalue weighted by molar-refractivity contribution is 8.13. The molecule has 0 unspecified atom stereocenters. The van der Waals surface area contributed by atoms with Crippen molar-refractivity contribution in [3.05, 3.63) is 22.2 Å². The molecule has 2 amide bonds. The molecule has 1 aliphatic rings. The predicted molar refractivity (Wildman–Crippen MR) is 120 cm³/mol. The molecule has 156 valence electrons. The fourth-order valence-corrected chi connectivity index (χ4v) is 4.83. The van der Waals surface area contributed by atoms with Crippen LogP contribution in [0, 0.1) is 11.3 Å². The maximum atomic E-state index is 13.4. The van der Waals surface area contributed by atoms with Crippen LogP contribution in [-0.4, -0.2) is 17.7 Å². The van der Waals surface area contributed by atoms with Gasteiger partial charge in [-0.05, 0) is 62.4 Å². The number of nitrogens with one attached hydrogen (secondary N) is 2. The van der Waals surface area contributed by atoms with Gasteiger partial charge in [0.05, 0.1) is 15.7 Å². The zero-order valence-corrected chi connectivity index (χ0v) is 19.2. The molecule has 2 rings (SSSR count). The van der Waals surface area contributed by atoms with Gasteiger partial charge < -0.3 is 10.6 Å². The highest BCUT2D eigenvalue weighted by atomic mass is 35.5. The van der Waals surface area contributed by atoms with Gasteiger partial charge in [0.2, 0.25) is 5.91 Å². The van der Waals surface area contributed by atoms with Crippen LogP contribution in [0.1, 0.15) is 65.7 Å². The molecule has 0 heterocycles.